The van der Waals surface area contributed by atoms with Crippen molar-refractivity contribution in [2.75, 3.05) is 13.7 Å². The Labute approximate surface area is 124 Å². The lowest BCUT2D eigenvalue weighted by molar-refractivity contribution is -0.0364. The molecular formula is C15H23BrO3. The zero-order valence-corrected chi connectivity index (χ0v) is 13.4. The Morgan fingerprint density at radius 1 is 1.32 bits per heavy atom. The Bertz CT molecular complexity index is 376. The quantitative estimate of drug-likeness (QED) is 0.791. The average Bonchev–Trinajstić information content (AvgIpc) is 2.41. The molecule has 0 heterocycles. The van der Waals surface area contributed by atoms with E-state index in [1.807, 2.05) is 25.1 Å². The average molecular weight is 331 g/mol. The van der Waals surface area contributed by atoms with E-state index in [1.54, 1.807) is 7.11 Å². The molecule has 1 N–H and O–H groups in total. The van der Waals surface area contributed by atoms with Gasteiger partial charge in [-0.1, -0.05) is 29.3 Å². The molecule has 0 aromatic heterocycles. The molecule has 19 heavy (non-hydrogen) atoms. The minimum absolute atomic E-state index is 0.104. The summed E-state index contributed by atoms with van der Waals surface area (Å²) in [6, 6.07) is 5.78. The minimum atomic E-state index is -0.497. The topological polar surface area (TPSA) is 38.7 Å². The second-order valence-corrected chi connectivity index (χ2v) is 5.37. The maximum Gasteiger partial charge on any atom is 0.119 e. The molecule has 0 aliphatic heterocycles. The number of halogens is 1. The molecule has 1 aromatic rings. The van der Waals surface area contributed by atoms with Gasteiger partial charge in [0.05, 0.1) is 19.3 Å². The van der Waals surface area contributed by atoms with Gasteiger partial charge in [-0.3, -0.25) is 0 Å². The number of hydrogen-bond acceptors (Lipinski definition) is 3. The first-order chi connectivity index (χ1) is 9.12. The van der Waals surface area contributed by atoms with Crippen LogP contribution < -0.4 is 4.74 Å². The number of hydrogen-bond donors (Lipinski definition) is 1. The Morgan fingerprint density at radius 2 is 2.05 bits per heavy atom. The number of methoxy groups -OCH3 is 1. The summed E-state index contributed by atoms with van der Waals surface area (Å²) in [5.74, 6) is 0.800. The zero-order chi connectivity index (χ0) is 14.3. The van der Waals surface area contributed by atoms with Crippen LogP contribution in [-0.4, -0.2) is 31.0 Å². The van der Waals surface area contributed by atoms with Gasteiger partial charge in [0.2, 0.25) is 0 Å². The van der Waals surface area contributed by atoms with Crippen molar-refractivity contribution in [3.8, 4) is 5.75 Å². The maximum atomic E-state index is 10.3. The van der Waals surface area contributed by atoms with E-state index >= 15 is 0 Å². The number of ether oxygens (including phenoxy) is 2. The van der Waals surface area contributed by atoms with E-state index in [4.69, 9.17) is 9.47 Å². The van der Waals surface area contributed by atoms with Gasteiger partial charge in [0, 0.05) is 17.5 Å². The summed E-state index contributed by atoms with van der Waals surface area (Å²) < 4.78 is 11.8. The summed E-state index contributed by atoms with van der Waals surface area (Å²) in [6.07, 6.45) is 1.83. The molecule has 0 radical (unpaired) electrons. The molecule has 2 unspecified atom stereocenters. The molecule has 0 fully saturated rings. The van der Waals surface area contributed by atoms with Gasteiger partial charge in [0.15, 0.2) is 0 Å². The molecule has 2 atom stereocenters. The molecule has 1 rings (SSSR count). The molecule has 0 spiro atoms. The standard InChI is InChI=1S/C15H23BrO3/c1-4-6-15(19-5-2)14(17)10-11-9-12(18-3)7-8-13(11)16/h7-9,14-15,17H,4-6,10H2,1-3H3. The van der Waals surface area contributed by atoms with Crippen LogP contribution in [0, 0.1) is 0 Å². The number of rotatable bonds is 8. The highest BCUT2D eigenvalue weighted by Crippen LogP contribution is 2.25. The molecule has 108 valence electrons. The van der Waals surface area contributed by atoms with Crippen LogP contribution in [0.2, 0.25) is 0 Å². The van der Waals surface area contributed by atoms with Crippen molar-refractivity contribution in [1.82, 2.24) is 0 Å². The summed E-state index contributed by atoms with van der Waals surface area (Å²) in [4.78, 5) is 0. The van der Waals surface area contributed by atoms with Crippen LogP contribution in [0.4, 0.5) is 0 Å². The first-order valence-corrected chi connectivity index (χ1v) is 7.53. The number of benzene rings is 1. The maximum absolute atomic E-state index is 10.3. The van der Waals surface area contributed by atoms with Crippen molar-refractivity contribution in [3.63, 3.8) is 0 Å². The van der Waals surface area contributed by atoms with Crippen LogP contribution in [0.1, 0.15) is 32.3 Å². The van der Waals surface area contributed by atoms with Crippen molar-refractivity contribution in [2.24, 2.45) is 0 Å². The molecule has 0 saturated carbocycles. The van der Waals surface area contributed by atoms with Crippen molar-refractivity contribution in [1.29, 1.82) is 0 Å². The summed E-state index contributed by atoms with van der Waals surface area (Å²) in [7, 11) is 1.64. The van der Waals surface area contributed by atoms with E-state index < -0.39 is 6.10 Å². The second-order valence-electron chi connectivity index (χ2n) is 4.51. The van der Waals surface area contributed by atoms with Gasteiger partial charge in [-0.2, -0.15) is 0 Å². The van der Waals surface area contributed by atoms with Crippen molar-refractivity contribution < 1.29 is 14.6 Å². The normalized spacial score (nSPS) is 14.2. The van der Waals surface area contributed by atoms with E-state index in [9.17, 15) is 5.11 Å². The van der Waals surface area contributed by atoms with E-state index in [1.165, 1.54) is 0 Å². The van der Waals surface area contributed by atoms with E-state index in [-0.39, 0.29) is 6.10 Å². The van der Waals surface area contributed by atoms with Crippen LogP contribution >= 0.6 is 15.9 Å². The van der Waals surface area contributed by atoms with Crippen molar-refractivity contribution in [2.45, 2.75) is 45.3 Å². The lowest BCUT2D eigenvalue weighted by Gasteiger charge is -2.23. The third kappa shape index (κ3) is 5.13. The molecule has 0 aliphatic carbocycles. The Morgan fingerprint density at radius 3 is 2.63 bits per heavy atom. The first kappa shape index (κ1) is 16.5. The van der Waals surface area contributed by atoms with Gasteiger partial charge in [0.25, 0.3) is 0 Å². The number of aliphatic hydroxyl groups is 1. The van der Waals surface area contributed by atoms with E-state index in [2.05, 4.69) is 22.9 Å². The van der Waals surface area contributed by atoms with Crippen LogP contribution in [0.15, 0.2) is 22.7 Å². The summed E-state index contributed by atoms with van der Waals surface area (Å²) in [5, 5.41) is 10.3. The van der Waals surface area contributed by atoms with Crippen LogP contribution in [-0.2, 0) is 11.2 Å². The van der Waals surface area contributed by atoms with E-state index in [0.717, 1.165) is 28.6 Å². The number of aliphatic hydroxyl groups excluding tert-OH is 1. The van der Waals surface area contributed by atoms with Gasteiger partial charge in [0.1, 0.15) is 5.75 Å². The van der Waals surface area contributed by atoms with Crippen LogP contribution in [0.3, 0.4) is 0 Å². The predicted molar refractivity (Wildman–Crippen MR) is 80.7 cm³/mol. The molecule has 0 bridgehead atoms. The lowest BCUT2D eigenvalue weighted by atomic mass is 10.0. The molecule has 3 nitrogen and oxygen atoms in total. The highest BCUT2D eigenvalue weighted by atomic mass is 79.9. The second kappa shape index (κ2) is 8.56. The first-order valence-electron chi connectivity index (χ1n) is 6.74. The summed E-state index contributed by atoms with van der Waals surface area (Å²) in [5.41, 5.74) is 1.03. The Kier molecular flexibility index (Phi) is 7.42. The molecule has 0 amide bonds. The van der Waals surface area contributed by atoms with Gasteiger partial charge in [-0.05, 0) is 37.1 Å². The van der Waals surface area contributed by atoms with E-state index in [0.29, 0.717) is 13.0 Å². The molecule has 4 heteroatoms. The fraction of sp³-hybridized carbons (Fsp3) is 0.600. The third-order valence-electron chi connectivity index (χ3n) is 3.07. The monoisotopic (exact) mass is 330 g/mol. The minimum Gasteiger partial charge on any atom is -0.497 e. The Hall–Kier alpha value is -0.580. The van der Waals surface area contributed by atoms with Gasteiger partial charge in [-0.25, -0.2) is 0 Å². The van der Waals surface area contributed by atoms with Crippen LogP contribution in [0.25, 0.3) is 0 Å². The Balaban J connectivity index is 2.75. The SMILES string of the molecule is CCCC(OCC)C(O)Cc1cc(OC)ccc1Br. The zero-order valence-electron chi connectivity index (χ0n) is 11.9. The molecule has 0 aliphatic rings. The van der Waals surface area contributed by atoms with Crippen LogP contribution in [0.5, 0.6) is 5.75 Å². The highest BCUT2D eigenvalue weighted by molar-refractivity contribution is 9.10. The fourth-order valence-corrected chi connectivity index (χ4v) is 2.49. The van der Waals surface area contributed by atoms with Crippen molar-refractivity contribution >= 4 is 15.9 Å². The summed E-state index contributed by atoms with van der Waals surface area (Å²) in [6.45, 7) is 4.68. The smallest absolute Gasteiger partial charge is 0.119 e. The highest BCUT2D eigenvalue weighted by Gasteiger charge is 2.20. The predicted octanol–water partition coefficient (Wildman–Crippen LogP) is 3.57. The fourth-order valence-electron chi connectivity index (χ4n) is 2.08. The van der Waals surface area contributed by atoms with Gasteiger partial charge < -0.3 is 14.6 Å². The van der Waals surface area contributed by atoms with Gasteiger partial charge in [-0.15, -0.1) is 0 Å². The molecule has 1 aromatic carbocycles. The molecule has 0 saturated heterocycles. The molecular weight excluding hydrogens is 308 g/mol. The summed E-state index contributed by atoms with van der Waals surface area (Å²) >= 11 is 3.51. The third-order valence-corrected chi connectivity index (χ3v) is 3.84. The lowest BCUT2D eigenvalue weighted by Crippen LogP contribution is -2.31. The van der Waals surface area contributed by atoms with Crippen molar-refractivity contribution in [3.05, 3.63) is 28.2 Å². The van der Waals surface area contributed by atoms with Gasteiger partial charge >= 0.3 is 0 Å². The largest absolute Gasteiger partial charge is 0.497 e.